The summed E-state index contributed by atoms with van der Waals surface area (Å²) in [6, 6.07) is 3.16. The van der Waals surface area contributed by atoms with E-state index in [2.05, 4.69) is 20.2 Å². The number of rotatable bonds is 4. The second-order valence-corrected chi connectivity index (χ2v) is 7.66. The quantitative estimate of drug-likeness (QED) is 0.883. The minimum Gasteiger partial charge on any atom is -0.440 e. The summed E-state index contributed by atoms with van der Waals surface area (Å²) in [6.07, 6.45) is 7.51. The van der Waals surface area contributed by atoms with Crippen molar-refractivity contribution >= 4 is 23.3 Å². The summed E-state index contributed by atoms with van der Waals surface area (Å²) in [5.41, 5.74) is -0.119. The van der Waals surface area contributed by atoms with E-state index in [1.807, 2.05) is 0 Å². The van der Waals surface area contributed by atoms with Gasteiger partial charge in [0, 0.05) is 43.9 Å². The molecule has 2 bridgehead atoms. The monoisotopic (exact) mass is 374 g/mol. The highest BCUT2D eigenvalue weighted by Crippen LogP contribution is 2.55. The average Bonchev–Trinajstić information content (AvgIpc) is 3.40. The summed E-state index contributed by atoms with van der Waals surface area (Å²) in [6.45, 7) is 2.29. The molecule has 0 saturated carbocycles. The molecule has 0 unspecified atom stereocenters. The van der Waals surface area contributed by atoms with Gasteiger partial charge in [-0.25, -0.2) is 4.98 Å². The van der Waals surface area contributed by atoms with Crippen LogP contribution in [0.15, 0.2) is 35.1 Å². The number of ether oxygens (including phenoxy) is 1. The van der Waals surface area contributed by atoms with Crippen LogP contribution < -0.4 is 10.2 Å². The van der Waals surface area contributed by atoms with Crippen LogP contribution in [-0.4, -0.2) is 47.2 Å². The first-order valence-electron chi connectivity index (χ1n) is 8.87. The summed E-state index contributed by atoms with van der Waals surface area (Å²) >= 11 is 5.75. The molecule has 4 atom stereocenters. The minimum absolute atomic E-state index is 0.119. The lowest BCUT2D eigenvalue weighted by Gasteiger charge is -2.29. The van der Waals surface area contributed by atoms with E-state index < -0.39 is 0 Å². The molecular weight excluding hydrogens is 356 g/mol. The first-order chi connectivity index (χ1) is 12.6. The van der Waals surface area contributed by atoms with Gasteiger partial charge in [-0.1, -0.05) is 0 Å². The minimum atomic E-state index is -0.238. The van der Waals surface area contributed by atoms with Crippen LogP contribution in [0.3, 0.4) is 0 Å². The lowest BCUT2D eigenvalue weighted by molar-refractivity contribution is 0.0141. The Bertz CT molecular complexity index is 829. The van der Waals surface area contributed by atoms with Gasteiger partial charge in [0.1, 0.15) is 5.82 Å². The van der Waals surface area contributed by atoms with E-state index in [9.17, 15) is 4.79 Å². The number of carbonyl (C=O) groups is 1. The lowest BCUT2D eigenvalue weighted by Crippen LogP contribution is -2.41. The van der Waals surface area contributed by atoms with Gasteiger partial charge in [0.25, 0.3) is 5.91 Å². The van der Waals surface area contributed by atoms with Gasteiger partial charge in [0.2, 0.25) is 0 Å². The Morgan fingerprint density at radius 1 is 1.42 bits per heavy atom. The Kier molecular flexibility index (Phi) is 3.68. The Morgan fingerprint density at radius 3 is 3.12 bits per heavy atom. The van der Waals surface area contributed by atoms with Gasteiger partial charge in [-0.3, -0.25) is 9.78 Å². The number of nitrogens with one attached hydrogen (secondary N) is 1. The van der Waals surface area contributed by atoms with Gasteiger partial charge in [-0.15, -0.1) is 0 Å². The van der Waals surface area contributed by atoms with Crippen molar-refractivity contribution in [2.24, 2.45) is 11.8 Å². The van der Waals surface area contributed by atoms with E-state index in [-0.39, 0.29) is 28.6 Å². The number of hydrogen-bond acceptors (Lipinski definition) is 6. The Balaban J connectivity index is 1.29. The first-order valence-corrected chi connectivity index (χ1v) is 9.25. The summed E-state index contributed by atoms with van der Waals surface area (Å²) < 4.78 is 11.6. The number of carbonyl (C=O) groups excluding carboxylic acids is 1. The molecule has 3 aliphatic heterocycles. The fourth-order valence-corrected chi connectivity index (χ4v) is 4.97. The number of amides is 1. The maximum absolute atomic E-state index is 12.3. The molecule has 5 heterocycles. The van der Waals surface area contributed by atoms with E-state index >= 15 is 0 Å². The number of nitrogens with zero attached hydrogens (tertiary/aromatic N) is 3. The van der Waals surface area contributed by atoms with Gasteiger partial charge in [-0.2, -0.15) is 0 Å². The zero-order chi connectivity index (χ0) is 17.7. The topological polar surface area (TPSA) is 80.5 Å². The normalized spacial score (nSPS) is 32.0. The molecule has 26 heavy (non-hydrogen) atoms. The molecular formula is C18H19ClN4O3. The van der Waals surface area contributed by atoms with Crippen LogP contribution in [0, 0.1) is 11.8 Å². The van der Waals surface area contributed by atoms with E-state index in [4.69, 9.17) is 20.8 Å². The third-order valence-electron chi connectivity index (χ3n) is 5.95. The maximum Gasteiger partial charge on any atom is 0.287 e. The molecule has 3 fully saturated rings. The van der Waals surface area contributed by atoms with E-state index in [1.165, 1.54) is 0 Å². The van der Waals surface area contributed by atoms with Crippen molar-refractivity contribution < 1.29 is 13.9 Å². The molecule has 3 aliphatic rings. The van der Waals surface area contributed by atoms with Gasteiger partial charge in [0.15, 0.2) is 11.0 Å². The highest BCUT2D eigenvalue weighted by molar-refractivity contribution is 6.29. The van der Waals surface area contributed by atoms with Crippen LogP contribution >= 0.6 is 11.6 Å². The molecule has 2 aromatic rings. The molecule has 0 aromatic carbocycles. The number of furan rings is 1. The molecule has 1 amide bonds. The highest BCUT2D eigenvalue weighted by Gasteiger charge is 2.63. The molecule has 7 nitrogen and oxygen atoms in total. The molecule has 2 aromatic heterocycles. The van der Waals surface area contributed by atoms with Crippen molar-refractivity contribution in [2.75, 3.05) is 24.5 Å². The van der Waals surface area contributed by atoms with Crippen LogP contribution in [0.25, 0.3) is 0 Å². The molecule has 8 heteroatoms. The molecule has 0 aliphatic carbocycles. The molecule has 1 spiro atoms. The van der Waals surface area contributed by atoms with E-state index in [1.54, 1.807) is 30.7 Å². The summed E-state index contributed by atoms with van der Waals surface area (Å²) in [5, 5.41) is 3.20. The van der Waals surface area contributed by atoms with Crippen molar-refractivity contribution in [3.8, 4) is 0 Å². The highest BCUT2D eigenvalue weighted by atomic mass is 35.5. The molecule has 1 N–H and O–H groups in total. The van der Waals surface area contributed by atoms with Gasteiger partial charge >= 0.3 is 0 Å². The van der Waals surface area contributed by atoms with Crippen molar-refractivity contribution in [3.63, 3.8) is 0 Å². The van der Waals surface area contributed by atoms with Crippen LogP contribution in [0.1, 0.15) is 23.4 Å². The average molecular weight is 375 g/mol. The standard InChI is InChI=1S/C18H19ClN4O3/c19-15-2-1-14(25-15)17(24)22-7-11-12-9-23(16-8-20-5-6-21-16)10-18(12)4-3-13(11)26-18/h1-2,5-6,8,11-13H,3-4,7,9-10H2,(H,22,24)/t11-,12+,13+,18+/m0/s1. The number of fused-ring (bicyclic) bond motifs is 1. The fraction of sp³-hybridized carbons (Fsp3) is 0.500. The summed E-state index contributed by atoms with van der Waals surface area (Å²) in [4.78, 5) is 23.1. The second kappa shape index (κ2) is 5.96. The largest absolute Gasteiger partial charge is 0.440 e. The van der Waals surface area contributed by atoms with E-state index in [0.29, 0.717) is 18.4 Å². The van der Waals surface area contributed by atoms with Crippen molar-refractivity contribution in [1.29, 1.82) is 0 Å². The second-order valence-electron chi connectivity index (χ2n) is 7.29. The Morgan fingerprint density at radius 2 is 2.35 bits per heavy atom. The maximum atomic E-state index is 12.3. The predicted octanol–water partition coefficient (Wildman–Crippen LogP) is 2.14. The number of hydrogen-bond donors (Lipinski definition) is 1. The summed E-state index contributed by atoms with van der Waals surface area (Å²) in [5.74, 6) is 1.55. The zero-order valence-corrected chi connectivity index (χ0v) is 14.9. The van der Waals surface area contributed by atoms with Gasteiger partial charge in [0.05, 0.1) is 17.9 Å². The fourth-order valence-electron chi connectivity index (χ4n) is 4.83. The summed E-state index contributed by atoms with van der Waals surface area (Å²) in [7, 11) is 0. The van der Waals surface area contributed by atoms with Crippen LogP contribution in [0.2, 0.25) is 5.22 Å². The number of halogens is 1. The molecule has 136 valence electrons. The Hall–Kier alpha value is -2.12. The third-order valence-corrected chi connectivity index (χ3v) is 6.16. The predicted molar refractivity (Wildman–Crippen MR) is 94.1 cm³/mol. The van der Waals surface area contributed by atoms with Crippen LogP contribution in [-0.2, 0) is 4.74 Å². The molecule has 5 rings (SSSR count). The van der Waals surface area contributed by atoms with Crippen molar-refractivity contribution in [3.05, 3.63) is 41.7 Å². The molecule has 3 saturated heterocycles. The SMILES string of the molecule is O=C(NC[C@H]1[C@H]2CN(c3cnccn3)C[C@]23CC[C@H]1O3)c1ccc(Cl)o1. The van der Waals surface area contributed by atoms with Crippen molar-refractivity contribution in [1.82, 2.24) is 15.3 Å². The van der Waals surface area contributed by atoms with Crippen LogP contribution in [0.5, 0.6) is 0 Å². The zero-order valence-electron chi connectivity index (χ0n) is 14.1. The first kappa shape index (κ1) is 16.1. The van der Waals surface area contributed by atoms with Gasteiger partial charge < -0.3 is 19.4 Å². The number of anilines is 1. The lowest BCUT2D eigenvalue weighted by atomic mass is 9.73. The number of aromatic nitrogens is 2. The van der Waals surface area contributed by atoms with Gasteiger partial charge in [-0.05, 0) is 36.6 Å². The smallest absolute Gasteiger partial charge is 0.287 e. The Labute approximate surface area is 155 Å². The van der Waals surface area contributed by atoms with Crippen LogP contribution in [0.4, 0.5) is 5.82 Å². The van der Waals surface area contributed by atoms with E-state index in [0.717, 1.165) is 31.7 Å². The van der Waals surface area contributed by atoms with Crippen molar-refractivity contribution in [2.45, 2.75) is 24.5 Å². The third kappa shape index (κ3) is 2.49. The molecule has 0 radical (unpaired) electrons.